The smallest absolute Gasteiger partial charge is 0.410 e. The normalized spacial score (nSPS) is 24.5. The van der Waals surface area contributed by atoms with Gasteiger partial charge in [-0.25, -0.2) is 9.59 Å². The molecule has 3 aliphatic rings. The number of allylic oxidation sites excluding steroid dienone is 1. The van der Waals surface area contributed by atoms with E-state index in [1.165, 1.54) is 0 Å². The highest BCUT2D eigenvalue weighted by atomic mass is 16.6. The summed E-state index contributed by atoms with van der Waals surface area (Å²) in [6.45, 7) is 8.56. The van der Waals surface area contributed by atoms with Crippen molar-refractivity contribution in [1.29, 1.82) is 0 Å². The number of fused-ring (bicyclic) bond motifs is 1. The predicted molar refractivity (Wildman–Crippen MR) is 111 cm³/mol. The molecule has 2 fully saturated rings. The molecule has 8 nitrogen and oxygen atoms in total. The fourth-order valence-corrected chi connectivity index (χ4v) is 4.47. The molecule has 3 heterocycles. The van der Waals surface area contributed by atoms with Gasteiger partial charge in [-0.15, -0.1) is 0 Å². The number of aryl methyl sites for hydroxylation is 1. The van der Waals surface area contributed by atoms with Crippen molar-refractivity contribution in [2.45, 2.75) is 45.6 Å². The van der Waals surface area contributed by atoms with Crippen molar-refractivity contribution in [3.8, 4) is 0 Å². The zero-order chi connectivity index (χ0) is 20.8. The molecule has 1 aliphatic carbocycles. The summed E-state index contributed by atoms with van der Waals surface area (Å²) in [4.78, 5) is 28.2. The van der Waals surface area contributed by atoms with Crippen LogP contribution in [0.1, 0.15) is 44.9 Å². The van der Waals surface area contributed by atoms with Crippen LogP contribution in [-0.2, 0) is 18.2 Å². The first-order valence-corrected chi connectivity index (χ1v) is 10.5. The van der Waals surface area contributed by atoms with Gasteiger partial charge in [-0.1, -0.05) is 12.2 Å². The molecule has 2 atom stereocenters. The Kier molecular flexibility index (Phi) is 5.04. The third-order valence-corrected chi connectivity index (χ3v) is 5.94. The summed E-state index contributed by atoms with van der Waals surface area (Å²) in [7, 11) is 1.95. The van der Waals surface area contributed by atoms with E-state index in [4.69, 9.17) is 4.74 Å². The molecule has 3 amide bonds. The van der Waals surface area contributed by atoms with Gasteiger partial charge in [0, 0.05) is 44.5 Å². The number of nitrogens with zero attached hydrogens (tertiary/aromatic N) is 4. The average molecular weight is 402 g/mol. The van der Waals surface area contributed by atoms with Gasteiger partial charge in [-0.3, -0.25) is 9.58 Å². The highest BCUT2D eigenvalue weighted by Gasteiger charge is 2.36. The number of carbonyl (C=O) groups excluding carboxylic acids is 2. The van der Waals surface area contributed by atoms with Crippen LogP contribution < -0.4 is 10.2 Å². The first-order chi connectivity index (χ1) is 13.7. The standard InChI is InChI=1S/C21H31N5O3/c1-21(2,3)29-20(28)25-11-8-15(13-25)14-6-7-16-17(12-14)24(4)23-18(16)26-10-5-9-22-19(26)27/h6-7,14-15H,5,8-13H2,1-4H3,(H,22,27)/t14?,15-/m1/s1. The maximum Gasteiger partial charge on any atom is 0.410 e. The lowest BCUT2D eigenvalue weighted by Gasteiger charge is -2.28. The van der Waals surface area contributed by atoms with Crippen LogP contribution in [0.4, 0.5) is 15.4 Å². The summed E-state index contributed by atoms with van der Waals surface area (Å²) in [6.07, 6.45) is 6.90. The number of carbonyl (C=O) groups is 2. The van der Waals surface area contributed by atoms with Gasteiger partial charge in [0.1, 0.15) is 5.60 Å². The molecule has 4 rings (SSSR count). The molecule has 1 N–H and O–H groups in total. The van der Waals surface area contributed by atoms with E-state index in [-0.39, 0.29) is 12.1 Å². The van der Waals surface area contributed by atoms with Crippen molar-refractivity contribution in [2.75, 3.05) is 31.1 Å². The molecule has 29 heavy (non-hydrogen) atoms. The van der Waals surface area contributed by atoms with Crippen LogP contribution in [0.15, 0.2) is 6.08 Å². The fraction of sp³-hybridized carbons (Fsp3) is 0.667. The first-order valence-electron chi connectivity index (χ1n) is 10.5. The summed E-state index contributed by atoms with van der Waals surface area (Å²) < 4.78 is 7.43. The molecule has 158 valence electrons. The number of ether oxygens (including phenoxy) is 1. The Hall–Kier alpha value is -2.51. The Bertz CT molecular complexity index is 838. The Balaban J connectivity index is 1.46. The molecule has 0 aromatic carbocycles. The second-order valence-corrected chi connectivity index (χ2v) is 9.25. The second-order valence-electron chi connectivity index (χ2n) is 9.25. The average Bonchev–Trinajstić information content (AvgIpc) is 3.26. The summed E-state index contributed by atoms with van der Waals surface area (Å²) in [5, 5.41) is 7.55. The molecule has 1 aromatic rings. The van der Waals surface area contributed by atoms with Crippen molar-refractivity contribution >= 4 is 24.0 Å². The van der Waals surface area contributed by atoms with E-state index in [0.29, 0.717) is 18.4 Å². The molecular formula is C21H31N5O3. The van der Waals surface area contributed by atoms with E-state index < -0.39 is 5.60 Å². The maximum absolute atomic E-state index is 12.4. The van der Waals surface area contributed by atoms with Crippen LogP contribution >= 0.6 is 0 Å². The minimum Gasteiger partial charge on any atom is -0.444 e. The number of hydrogen-bond donors (Lipinski definition) is 1. The van der Waals surface area contributed by atoms with Crippen molar-refractivity contribution in [3.63, 3.8) is 0 Å². The third-order valence-electron chi connectivity index (χ3n) is 5.94. The van der Waals surface area contributed by atoms with Gasteiger partial charge in [0.05, 0.1) is 0 Å². The van der Waals surface area contributed by atoms with Crippen LogP contribution in [0, 0.1) is 11.8 Å². The molecule has 2 saturated heterocycles. The van der Waals surface area contributed by atoms with Gasteiger partial charge in [0.2, 0.25) is 0 Å². The molecule has 0 bridgehead atoms. The molecule has 1 aromatic heterocycles. The Morgan fingerprint density at radius 2 is 2.10 bits per heavy atom. The lowest BCUT2D eigenvalue weighted by atomic mass is 9.83. The minimum atomic E-state index is -0.472. The Labute approximate surface area is 171 Å². The summed E-state index contributed by atoms with van der Waals surface area (Å²) in [5.41, 5.74) is 1.73. The zero-order valence-corrected chi connectivity index (χ0v) is 17.8. The van der Waals surface area contributed by atoms with E-state index in [2.05, 4.69) is 22.6 Å². The largest absolute Gasteiger partial charge is 0.444 e. The van der Waals surface area contributed by atoms with Gasteiger partial charge in [0.15, 0.2) is 5.82 Å². The van der Waals surface area contributed by atoms with Crippen molar-refractivity contribution < 1.29 is 14.3 Å². The number of amides is 3. The summed E-state index contributed by atoms with van der Waals surface area (Å²) in [6, 6.07) is -0.0727. The Morgan fingerprint density at radius 3 is 2.83 bits per heavy atom. The number of rotatable bonds is 2. The van der Waals surface area contributed by atoms with Crippen LogP contribution in [0.5, 0.6) is 0 Å². The van der Waals surface area contributed by atoms with E-state index in [9.17, 15) is 9.59 Å². The number of urea groups is 1. The van der Waals surface area contributed by atoms with Crippen LogP contribution in [-0.4, -0.2) is 58.6 Å². The van der Waals surface area contributed by atoms with Gasteiger partial charge >= 0.3 is 12.1 Å². The van der Waals surface area contributed by atoms with Crippen LogP contribution in [0.2, 0.25) is 0 Å². The molecular weight excluding hydrogens is 370 g/mol. The van der Waals surface area contributed by atoms with E-state index >= 15 is 0 Å². The molecule has 1 unspecified atom stereocenters. The zero-order valence-electron chi connectivity index (χ0n) is 17.8. The molecule has 2 aliphatic heterocycles. The maximum atomic E-state index is 12.4. The number of nitrogens with one attached hydrogen (secondary N) is 1. The topological polar surface area (TPSA) is 79.7 Å². The Morgan fingerprint density at radius 1 is 1.31 bits per heavy atom. The van der Waals surface area contributed by atoms with E-state index in [0.717, 1.165) is 56.0 Å². The highest BCUT2D eigenvalue weighted by molar-refractivity contribution is 5.94. The van der Waals surface area contributed by atoms with Gasteiger partial charge in [-0.2, -0.15) is 5.10 Å². The highest BCUT2D eigenvalue weighted by Crippen LogP contribution is 2.36. The van der Waals surface area contributed by atoms with Crippen molar-refractivity contribution in [2.24, 2.45) is 18.9 Å². The third kappa shape index (κ3) is 3.97. The molecule has 8 heteroatoms. The van der Waals surface area contributed by atoms with Crippen LogP contribution in [0.3, 0.4) is 0 Å². The number of anilines is 1. The second kappa shape index (κ2) is 7.39. The lowest BCUT2D eigenvalue weighted by molar-refractivity contribution is 0.0285. The van der Waals surface area contributed by atoms with Gasteiger partial charge in [0.25, 0.3) is 0 Å². The molecule has 0 saturated carbocycles. The van der Waals surface area contributed by atoms with Gasteiger partial charge < -0.3 is 15.0 Å². The monoisotopic (exact) mass is 401 g/mol. The minimum absolute atomic E-state index is 0.0727. The quantitative estimate of drug-likeness (QED) is 0.826. The van der Waals surface area contributed by atoms with E-state index in [1.54, 1.807) is 4.90 Å². The SMILES string of the molecule is Cn1nc(N2CCCNC2=O)c2c1CC([C@@H]1CCN(C(=O)OC(C)(C)C)C1)C=C2. The molecule has 0 radical (unpaired) electrons. The summed E-state index contributed by atoms with van der Waals surface area (Å²) in [5.74, 6) is 1.51. The van der Waals surface area contributed by atoms with Crippen LogP contribution in [0.25, 0.3) is 6.08 Å². The first kappa shape index (κ1) is 19.8. The number of hydrogen-bond acceptors (Lipinski definition) is 4. The molecule has 0 spiro atoms. The van der Waals surface area contributed by atoms with Crippen molar-refractivity contribution in [3.05, 3.63) is 17.3 Å². The van der Waals surface area contributed by atoms with E-state index in [1.807, 2.05) is 37.4 Å². The van der Waals surface area contributed by atoms with Crippen molar-refractivity contribution in [1.82, 2.24) is 20.0 Å². The number of aromatic nitrogens is 2. The summed E-state index contributed by atoms with van der Waals surface area (Å²) >= 11 is 0. The fourth-order valence-electron chi connectivity index (χ4n) is 4.47. The van der Waals surface area contributed by atoms with Gasteiger partial charge in [-0.05, 0) is 51.9 Å². The predicted octanol–water partition coefficient (Wildman–Crippen LogP) is 2.78. The number of likely N-dealkylation sites (tertiary alicyclic amines) is 1. The lowest BCUT2D eigenvalue weighted by Crippen LogP contribution is -2.47.